The second kappa shape index (κ2) is 10.9. The first-order chi connectivity index (χ1) is 12.1. The maximum absolute atomic E-state index is 12.2. The fraction of sp³-hybridized carbons (Fsp3) is 0.900. The van der Waals surface area contributed by atoms with Crippen molar-refractivity contribution in [1.82, 2.24) is 16.1 Å². The van der Waals surface area contributed by atoms with Crippen LogP contribution in [0.4, 0.5) is 0 Å². The van der Waals surface area contributed by atoms with Crippen molar-refractivity contribution in [3.63, 3.8) is 0 Å². The molecule has 1 heterocycles. The van der Waals surface area contributed by atoms with E-state index in [1.807, 2.05) is 0 Å². The lowest BCUT2D eigenvalue weighted by Gasteiger charge is -2.46. The summed E-state index contributed by atoms with van der Waals surface area (Å²) in [7, 11) is 0. The minimum Gasteiger partial charge on any atom is -0.353 e. The summed E-state index contributed by atoms with van der Waals surface area (Å²) in [5, 5.41) is 6.88. The quantitative estimate of drug-likeness (QED) is 0.195. The van der Waals surface area contributed by atoms with E-state index in [0.717, 1.165) is 51.4 Å². The topological polar surface area (TPSA) is 96.2 Å². The lowest BCUT2D eigenvalue weighted by molar-refractivity contribution is -0.122. The van der Waals surface area contributed by atoms with Gasteiger partial charge in [0.15, 0.2) is 0 Å². The monoisotopic (exact) mass is 368 g/mol. The van der Waals surface area contributed by atoms with Crippen molar-refractivity contribution >= 4 is 11.8 Å². The highest BCUT2D eigenvalue weighted by Gasteiger charge is 2.37. The zero-order valence-electron chi connectivity index (χ0n) is 17.2. The van der Waals surface area contributed by atoms with Crippen LogP contribution in [0.2, 0.25) is 0 Å². The first-order valence-corrected chi connectivity index (χ1v) is 10.2. The molecule has 6 nitrogen and oxygen atoms in total. The number of carbonyl (C=O) groups excluding carboxylic acids is 2. The molecule has 0 saturated carbocycles. The Morgan fingerprint density at radius 3 is 1.73 bits per heavy atom. The van der Waals surface area contributed by atoms with Gasteiger partial charge in [-0.1, -0.05) is 32.1 Å². The second-order valence-electron chi connectivity index (χ2n) is 9.11. The summed E-state index contributed by atoms with van der Waals surface area (Å²) in [6.07, 6.45) is 10.6. The first-order valence-electron chi connectivity index (χ1n) is 10.2. The summed E-state index contributed by atoms with van der Waals surface area (Å²) in [6.45, 7) is 8.82. The van der Waals surface area contributed by atoms with E-state index in [0.29, 0.717) is 12.8 Å². The van der Waals surface area contributed by atoms with Gasteiger partial charge in [0.1, 0.15) is 0 Å². The molecule has 0 spiro atoms. The molecule has 26 heavy (non-hydrogen) atoms. The van der Waals surface area contributed by atoms with E-state index in [2.05, 4.69) is 43.8 Å². The second-order valence-corrected chi connectivity index (χ2v) is 9.11. The molecule has 1 rings (SSSR count). The Balaban J connectivity index is 2.06. The average molecular weight is 369 g/mol. The number of hydrogen-bond donors (Lipinski definition) is 4. The van der Waals surface area contributed by atoms with Crippen LogP contribution in [0.15, 0.2) is 0 Å². The Kier molecular flexibility index (Phi) is 9.58. The molecule has 6 heteroatoms. The summed E-state index contributed by atoms with van der Waals surface area (Å²) in [5.74, 6) is 5.15. The highest BCUT2D eigenvalue weighted by atomic mass is 16.2. The van der Waals surface area contributed by atoms with Gasteiger partial charge in [0.25, 0.3) is 0 Å². The molecule has 0 aliphatic carbocycles. The standard InChI is InChI=1S/C20H40N4O2/c1-19(2)14-16(15-20(3,4)24-19)22-17(25)12-10-8-6-5-7-9-11-13-18(26)23-21/h16,24H,5-15,21H2,1-4H3,(H,22,25)(H,23,26). The predicted octanol–water partition coefficient (Wildman–Crippen LogP) is 2.91. The van der Waals surface area contributed by atoms with Gasteiger partial charge in [-0.3, -0.25) is 15.0 Å². The number of nitrogens with one attached hydrogen (secondary N) is 3. The highest BCUT2D eigenvalue weighted by molar-refractivity contribution is 5.76. The van der Waals surface area contributed by atoms with Gasteiger partial charge in [0.05, 0.1) is 0 Å². The summed E-state index contributed by atoms with van der Waals surface area (Å²) in [6, 6.07) is 0.263. The molecule has 1 fully saturated rings. The number of hydrazine groups is 1. The number of amides is 2. The summed E-state index contributed by atoms with van der Waals surface area (Å²) < 4.78 is 0. The third-order valence-corrected chi connectivity index (χ3v) is 5.02. The van der Waals surface area contributed by atoms with Crippen LogP contribution in [-0.4, -0.2) is 28.9 Å². The van der Waals surface area contributed by atoms with Gasteiger partial charge >= 0.3 is 0 Å². The van der Waals surface area contributed by atoms with Gasteiger partial charge in [-0.25, -0.2) is 5.84 Å². The molecule has 0 bridgehead atoms. The van der Waals surface area contributed by atoms with Crippen LogP contribution < -0.4 is 21.9 Å². The Labute approximate surface area is 159 Å². The van der Waals surface area contributed by atoms with E-state index < -0.39 is 0 Å². The Morgan fingerprint density at radius 1 is 0.846 bits per heavy atom. The molecule has 0 radical (unpaired) electrons. The van der Waals surface area contributed by atoms with Crippen LogP contribution in [0.3, 0.4) is 0 Å². The third kappa shape index (κ3) is 10.1. The molecule has 1 saturated heterocycles. The maximum atomic E-state index is 12.2. The number of rotatable bonds is 11. The molecule has 0 atom stereocenters. The molecule has 5 N–H and O–H groups in total. The number of carbonyl (C=O) groups is 2. The molecule has 0 unspecified atom stereocenters. The smallest absolute Gasteiger partial charge is 0.233 e. The zero-order valence-corrected chi connectivity index (χ0v) is 17.2. The molecular weight excluding hydrogens is 328 g/mol. The predicted molar refractivity (Wildman–Crippen MR) is 106 cm³/mol. The normalized spacial score (nSPS) is 19.1. The van der Waals surface area contributed by atoms with Crippen LogP contribution >= 0.6 is 0 Å². The van der Waals surface area contributed by atoms with Crippen LogP contribution in [0.1, 0.15) is 98.3 Å². The van der Waals surface area contributed by atoms with Crippen LogP contribution in [0.25, 0.3) is 0 Å². The number of nitrogens with two attached hydrogens (primary N) is 1. The molecule has 0 aromatic rings. The van der Waals surface area contributed by atoms with Gasteiger partial charge in [-0.05, 0) is 53.4 Å². The summed E-state index contributed by atoms with van der Waals surface area (Å²) >= 11 is 0. The van der Waals surface area contributed by atoms with Gasteiger partial charge in [-0.2, -0.15) is 0 Å². The largest absolute Gasteiger partial charge is 0.353 e. The van der Waals surface area contributed by atoms with Gasteiger partial charge < -0.3 is 10.6 Å². The van der Waals surface area contributed by atoms with Crippen molar-refractivity contribution in [2.45, 2.75) is 115 Å². The average Bonchev–Trinajstić information content (AvgIpc) is 2.49. The fourth-order valence-corrected chi connectivity index (χ4v) is 4.25. The van der Waals surface area contributed by atoms with Crippen molar-refractivity contribution in [3.05, 3.63) is 0 Å². The highest BCUT2D eigenvalue weighted by Crippen LogP contribution is 2.28. The summed E-state index contributed by atoms with van der Waals surface area (Å²) in [5.41, 5.74) is 2.27. The minimum absolute atomic E-state index is 0.0600. The Morgan fingerprint density at radius 2 is 1.27 bits per heavy atom. The van der Waals surface area contributed by atoms with Crippen LogP contribution in [0, 0.1) is 0 Å². The maximum Gasteiger partial charge on any atom is 0.233 e. The summed E-state index contributed by atoms with van der Waals surface area (Å²) in [4.78, 5) is 23.2. The van der Waals surface area contributed by atoms with Gasteiger partial charge in [-0.15, -0.1) is 0 Å². The fourth-order valence-electron chi connectivity index (χ4n) is 4.25. The zero-order chi connectivity index (χ0) is 19.6. The minimum atomic E-state index is -0.0865. The van der Waals surface area contributed by atoms with Crippen LogP contribution in [0.5, 0.6) is 0 Å². The molecule has 0 aromatic heterocycles. The van der Waals surface area contributed by atoms with E-state index in [9.17, 15) is 9.59 Å². The van der Waals surface area contributed by atoms with Crippen molar-refractivity contribution < 1.29 is 9.59 Å². The van der Waals surface area contributed by atoms with Gasteiger partial charge in [0.2, 0.25) is 11.8 Å². The molecule has 1 aliphatic rings. The lowest BCUT2D eigenvalue weighted by Crippen LogP contribution is -2.62. The number of hydrogen-bond acceptors (Lipinski definition) is 4. The Bertz CT molecular complexity index is 433. The lowest BCUT2D eigenvalue weighted by atomic mass is 9.79. The molecule has 0 aromatic carbocycles. The Hall–Kier alpha value is -1.14. The van der Waals surface area contributed by atoms with Crippen molar-refractivity contribution in [2.24, 2.45) is 5.84 Å². The van der Waals surface area contributed by atoms with Crippen LogP contribution in [-0.2, 0) is 9.59 Å². The van der Waals surface area contributed by atoms with Crippen molar-refractivity contribution in [3.8, 4) is 0 Å². The van der Waals surface area contributed by atoms with E-state index in [4.69, 9.17) is 5.84 Å². The van der Waals surface area contributed by atoms with E-state index in [1.54, 1.807) is 0 Å². The number of unbranched alkanes of at least 4 members (excludes halogenated alkanes) is 6. The molecule has 152 valence electrons. The molecule has 2 amide bonds. The van der Waals surface area contributed by atoms with E-state index in [1.165, 1.54) is 6.42 Å². The van der Waals surface area contributed by atoms with Gasteiger partial charge in [0, 0.05) is 30.0 Å². The first kappa shape index (κ1) is 22.9. The third-order valence-electron chi connectivity index (χ3n) is 5.02. The molecule has 1 aliphatic heterocycles. The van der Waals surface area contributed by atoms with Crippen molar-refractivity contribution in [1.29, 1.82) is 0 Å². The van der Waals surface area contributed by atoms with E-state index in [-0.39, 0.29) is 28.9 Å². The molecular formula is C20H40N4O2. The number of piperidine rings is 1. The van der Waals surface area contributed by atoms with Crippen molar-refractivity contribution in [2.75, 3.05) is 0 Å². The SMILES string of the molecule is CC1(C)CC(NC(=O)CCCCCCCCCC(=O)NN)CC(C)(C)N1. The van der Waals surface area contributed by atoms with E-state index >= 15 is 0 Å².